The Labute approximate surface area is 205 Å². The lowest BCUT2D eigenvalue weighted by molar-refractivity contribution is -0.146. The van der Waals surface area contributed by atoms with Crippen molar-refractivity contribution in [2.24, 2.45) is 23.2 Å². The first-order chi connectivity index (χ1) is 17.0. The monoisotopic (exact) mass is 469 g/mol. The number of aromatic amines is 1. The highest BCUT2D eigenvalue weighted by atomic mass is 16.2. The summed E-state index contributed by atoms with van der Waals surface area (Å²) in [4.78, 5) is 30.3. The van der Waals surface area contributed by atoms with E-state index >= 15 is 0 Å². The van der Waals surface area contributed by atoms with Crippen molar-refractivity contribution >= 4 is 17.5 Å². The summed E-state index contributed by atoms with van der Waals surface area (Å²) in [5.41, 5.74) is 2.95. The summed E-state index contributed by atoms with van der Waals surface area (Å²) in [5, 5.41) is 13.2. The molecule has 0 unspecified atom stereocenters. The third-order valence-corrected chi connectivity index (χ3v) is 8.16. The number of nitrogens with zero attached hydrogens (tertiary/aromatic N) is 2. The topological polar surface area (TPSA) is 99.8 Å². The van der Waals surface area contributed by atoms with Gasteiger partial charge in [-0.3, -0.25) is 14.7 Å². The minimum Gasteiger partial charge on any atom is -0.352 e. The van der Waals surface area contributed by atoms with E-state index in [1.165, 1.54) is 19.3 Å². The first-order valence-electron chi connectivity index (χ1n) is 12.6. The smallest absolute Gasteiger partial charge is 0.255 e. The fourth-order valence-corrected chi connectivity index (χ4v) is 6.94. The van der Waals surface area contributed by atoms with Crippen molar-refractivity contribution in [2.45, 2.75) is 52.0 Å². The van der Waals surface area contributed by atoms with Crippen LogP contribution in [0.1, 0.15) is 60.3 Å². The van der Waals surface area contributed by atoms with Gasteiger partial charge in [-0.15, -0.1) is 0 Å². The van der Waals surface area contributed by atoms with E-state index in [9.17, 15) is 9.59 Å². The predicted octanol–water partition coefficient (Wildman–Crippen LogP) is 4.87. The number of aromatic nitrogens is 3. The lowest BCUT2D eigenvalue weighted by atomic mass is 9.49. The van der Waals surface area contributed by atoms with Gasteiger partial charge in [0.25, 0.3) is 5.91 Å². The average Bonchev–Trinajstić information content (AvgIpc) is 3.28. The average molecular weight is 470 g/mol. The standard InChI is InChI=1S/C28H31N5O2/c1-17-30-25(33-32-17)23-3-2-4-24(12-23)31-26(34)22-7-5-18(6-8-22)16-29-27(35)28-13-19-9-20(14-28)11-21(10-19)15-28/h2-8,12,19-21H,9-11,13-16H2,1H3,(H,29,35)(H,31,34)(H,30,32,33). The van der Waals surface area contributed by atoms with E-state index in [0.717, 1.165) is 54.0 Å². The molecule has 4 saturated carbocycles. The number of rotatable bonds is 6. The molecule has 4 aliphatic carbocycles. The number of carbonyl (C=O) groups is 2. The molecule has 2 amide bonds. The number of anilines is 1. The van der Waals surface area contributed by atoms with Gasteiger partial charge in [-0.1, -0.05) is 24.3 Å². The number of aryl methyl sites for hydroxylation is 1. The van der Waals surface area contributed by atoms with Gasteiger partial charge in [-0.05, 0) is 93.0 Å². The number of amides is 2. The zero-order valence-corrected chi connectivity index (χ0v) is 20.0. The van der Waals surface area contributed by atoms with Gasteiger partial charge in [-0.2, -0.15) is 5.10 Å². The molecule has 0 radical (unpaired) electrons. The molecule has 0 spiro atoms. The number of nitrogens with one attached hydrogen (secondary N) is 3. The fourth-order valence-electron chi connectivity index (χ4n) is 6.94. The van der Waals surface area contributed by atoms with Crippen LogP contribution < -0.4 is 10.6 Å². The molecular formula is C28H31N5O2. The SMILES string of the molecule is Cc1nc(-c2cccc(NC(=O)c3ccc(CNC(=O)C45CC6CC(CC(C6)C4)C5)cc3)c2)n[nH]1. The second kappa shape index (κ2) is 8.63. The molecule has 7 rings (SSSR count). The fraction of sp³-hybridized carbons (Fsp3) is 0.429. The third-order valence-electron chi connectivity index (χ3n) is 8.16. The highest BCUT2D eigenvalue weighted by molar-refractivity contribution is 6.04. The summed E-state index contributed by atoms with van der Waals surface area (Å²) in [5.74, 6) is 3.65. The quantitative estimate of drug-likeness (QED) is 0.480. The van der Waals surface area contributed by atoms with Crippen LogP contribution in [0.15, 0.2) is 48.5 Å². The van der Waals surface area contributed by atoms with Crippen molar-refractivity contribution in [1.29, 1.82) is 0 Å². The Morgan fingerprint density at radius 3 is 2.31 bits per heavy atom. The Kier molecular flexibility index (Phi) is 5.43. The van der Waals surface area contributed by atoms with Crippen molar-refractivity contribution in [3.05, 3.63) is 65.5 Å². The van der Waals surface area contributed by atoms with E-state index in [1.807, 2.05) is 55.5 Å². The van der Waals surface area contributed by atoms with Crippen molar-refractivity contribution in [3.8, 4) is 11.4 Å². The number of benzene rings is 2. The molecular weight excluding hydrogens is 438 g/mol. The Bertz CT molecular complexity index is 1230. The minimum absolute atomic E-state index is 0.132. The van der Waals surface area contributed by atoms with Crippen LogP contribution in [0.3, 0.4) is 0 Å². The van der Waals surface area contributed by atoms with Gasteiger partial charge >= 0.3 is 0 Å². The number of hydrogen-bond acceptors (Lipinski definition) is 4. The van der Waals surface area contributed by atoms with E-state index in [-0.39, 0.29) is 17.2 Å². The van der Waals surface area contributed by atoms with Gasteiger partial charge in [0.1, 0.15) is 5.82 Å². The molecule has 7 heteroatoms. The normalized spacial score (nSPS) is 26.5. The molecule has 3 N–H and O–H groups in total. The Balaban J connectivity index is 1.06. The zero-order chi connectivity index (χ0) is 24.0. The molecule has 3 aromatic rings. The largest absolute Gasteiger partial charge is 0.352 e. The van der Waals surface area contributed by atoms with Crippen molar-refractivity contribution in [2.75, 3.05) is 5.32 Å². The first-order valence-corrected chi connectivity index (χ1v) is 12.6. The molecule has 4 fully saturated rings. The second-order valence-electron chi connectivity index (χ2n) is 10.9. The zero-order valence-electron chi connectivity index (χ0n) is 20.0. The van der Waals surface area contributed by atoms with Gasteiger partial charge in [-0.25, -0.2) is 4.98 Å². The van der Waals surface area contributed by atoms with Crippen LogP contribution in [-0.4, -0.2) is 27.0 Å². The number of carbonyl (C=O) groups excluding carboxylic acids is 2. The van der Waals surface area contributed by atoms with Crippen molar-refractivity contribution in [1.82, 2.24) is 20.5 Å². The van der Waals surface area contributed by atoms with Crippen LogP contribution in [0.4, 0.5) is 5.69 Å². The molecule has 1 heterocycles. The minimum atomic E-state index is -0.183. The summed E-state index contributed by atoms with van der Waals surface area (Å²) in [6.45, 7) is 2.35. The highest BCUT2D eigenvalue weighted by Crippen LogP contribution is 2.60. The molecule has 1 aromatic heterocycles. The lowest BCUT2D eigenvalue weighted by Gasteiger charge is -2.55. The van der Waals surface area contributed by atoms with Gasteiger partial charge in [0, 0.05) is 28.8 Å². The van der Waals surface area contributed by atoms with Gasteiger partial charge < -0.3 is 10.6 Å². The van der Waals surface area contributed by atoms with Crippen LogP contribution in [0.2, 0.25) is 0 Å². The van der Waals surface area contributed by atoms with E-state index in [2.05, 4.69) is 25.8 Å². The summed E-state index contributed by atoms with van der Waals surface area (Å²) in [6, 6.07) is 14.9. The van der Waals surface area contributed by atoms with Crippen molar-refractivity contribution in [3.63, 3.8) is 0 Å². The van der Waals surface area contributed by atoms with Crippen LogP contribution >= 0.6 is 0 Å². The van der Waals surface area contributed by atoms with Crippen molar-refractivity contribution < 1.29 is 9.59 Å². The molecule has 4 aliphatic rings. The Morgan fingerprint density at radius 1 is 1.00 bits per heavy atom. The lowest BCUT2D eigenvalue weighted by Crippen LogP contribution is -2.53. The second-order valence-corrected chi connectivity index (χ2v) is 10.9. The molecule has 0 aliphatic heterocycles. The molecule has 4 bridgehead atoms. The Hall–Kier alpha value is -3.48. The van der Waals surface area contributed by atoms with Gasteiger partial charge in [0.05, 0.1) is 0 Å². The van der Waals surface area contributed by atoms with Crippen LogP contribution in [0.25, 0.3) is 11.4 Å². The molecule has 0 atom stereocenters. The van der Waals surface area contributed by atoms with E-state index in [1.54, 1.807) is 0 Å². The van der Waals surface area contributed by atoms with Crippen LogP contribution in [-0.2, 0) is 11.3 Å². The predicted molar refractivity (Wildman–Crippen MR) is 133 cm³/mol. The molecule has 7 nitrogen and oxygen atoms in total. The molecule has 2 aromatic carbocycles. The number of hydrogen-bond donors (Lipinski definition) is 3. The Morgan fingerprint density at radius 2 is 1.69 bits per heavy atom. The number of H-pyrrole nitrogens is 1. The summed E-state index contributed by atoms with van der Waals surface area (Å²) in [6.07, 6.45) is 7.21. The third kappa shape index (κ3) is 4.35. The highest BCUT2D eigenvalue weighted by Gasteiger charge is 2.54. The maximum atomic E-state index is 13.2. The summed E-state index contributed by atoms with van der Waals surface area (Å²) in [7, 11) is 0. The molecule has 180 valence electrons. The maximum Gasteiger partial charge on any atom is 0.255 e. The first kappa shape index (κ1) is 22.0. The van der Waals surface area contributed by atoms with Gasteiger partial charge in [0.15, 0.2) is 5.82 Å². The summed E-state index contributed by atoms with van der Waals surface area (Å²) >= 11 is 0. The molecule has 35 heavy (non-hydrogen) atoms. The molecule has 0 saturated heterocycles. The van der Waals surface area contributed by atoms with Crippen LogP contribution in [0.5, 0.6) is 0 Å². The maximum absolute atomic E-state index is 13.2. The van der Waals surface area contributed by atoms with E-state index in [4.69, 9.17) is 0 Å². The van der Waals surface area contributed by atoms with Gasteiger partial charge in [0.2, 0.25) is 5.91 Å². The summed E-state index contributed by atoms with van der Waals surface area (Å²) < 4.78 is 0. The van der Waals surface area contributed by atoms with E-state index < -0.39 is 0 Å². The van der Waals surface area contributed by atoms with E-state index in [0.29, 0.717) is 23.6 Å². The van der Waals surface area contributed by atoms with Crippen LogP contribution in [0, 0.1) is 30.1 Å².